The van der Waals surface area contributed by atoms with E-state index < -0.39 is 5.97 Å². The van der Waals surface area contributed by atoms with Gasteiger partial charge in [0.15, 0.2) is 5.76 Å². The van der Waals surface area contributed by atoms with Crippen molar-refractivity contribution in [1.29, 1.82) is 0 Å². The van der Waals surface area contributed by atoms with Crippen molar-refractivity contribution < 1.29 is 19.4 Å². The second-order valence-electron chi connectivity index (χ2n) is 6.35. The van der Waals surface area contributed by atoms with Crippen molar-refractivity contribution in [3.63, 3.8) is 0 Å². The fourth-order valence-corrected chi connectivity index (χ4v) is 2.91. The molecule has 0 saturated heterocycles. The molecule has 6 heteroatoms. The molecule has 1 saturated carbocycles. The summed E-state index contributed by atoms with van der Waals surface area (Å²) in [6.07, 6.45) is 13.2. The molecule has 0 atom stereocenters. The highest BCUT2D eigenvalue weighted by molar-refractivity contribution is 5.88. The van der Waals surface area contributed by atoms with E-state index in [9.17, 15) is 9.90 Å². The van der Waals surface area contributed by atoms with E-state index in [0.29, 0.717) is 0 Å². The SMILES string of the molecule is COCC(O)=C(N=NC1CCCCCCCCCCC1)C(=O)OC. The first-order valence-corrected chi connectivity index (χ1v) is 9.09. The van der Waals surface area contributed by atoms with Crippen molar-refractivity contribution >= 4 is 5.97 Å². The topological polar surface area (TPSA) is 80.5 Å². The van der Waals surface area contributed by atoms with Crippen LogP contribution in [0.15, 0.2) is 21.7 Å². The summed E-state index contributed by atoms with van der Waals surface area (Å²) in [5.41, 5.74) is -0.162. The molecule has 1 N–H and O–H groups in total. The number of aliphatic hydroxyl groups excluding tert-OH is 1. The highest BCUT2D eigenvalue weighted by atomic mass is 16.5. The normalized spacial score (nSPS) is 20.1. The van der Waals surface area contributed by atoms with Gasteiger partial charge in [-0.2, -0.15) is 5.11 Å². The van der Waals surface area contributed by atoms with Crippen LogP contribution in [0.1, 0.15) is 70.6 Å². The molecule has 138 valence electrons. The van der Waals surface area contributed by atoms with Crippen LogP contribution in [-0.4, -0.2) is 37.9 Å². The number of ether oxygens (including phenoxy) is 2. The third-order valence-corrected chi connectivity index (χ3v) is 4.33. The first-order valence-electron chi connectivity index (χ1n) is 9.09. The quantitative estimate of drug-likeness (QED) is 0.340. The lowest BCUT2D eigenvalue weighted by Crippen LogP contribution is -2.10. The summed E-state index contributed by atoms with van der Waals surface area (Å²) >= 11 is 0. The zero-order chi connectivity index (χ0) is 17.6. The van der Waals surface area contributed by atoms with E-state index in [1.165, 1.54) is 59.2 Å². The van der Waals surface area contributed by atoms with Crippen molar-refractivity contribution in [2.24, 2.45) is 10.2 Å². The Morgan fingerprint density at radius 3 is 1.92 bits per heavy atom. The van der Waals surface area contributed by atoms with Crippen molar-refractivity contribution in [2.75, 3.05) is 20.8 Å². The molecule has 0 heterocycles. The molecular formula is C18H32N2O4. The number of hydrogen-bond donors (Lipinski definition) is 1. The maximum atomic E-state index is 11.8. The van der Waals surface area contributed by atoms with E-state index in [1.54, 1.807) is 0 Å². The maximum Gasteiger partial charge on any atom is 0.362 e. The number of aliphatic hydroxyl groups is 1. The highest BCUT2D eigenvalue weighted by Crippen LogP contribution is 2.20. The average molecular weight is 340 g/mol. The number of carbonyl (C=O) groups is 1. The number of esters is 1. The lowest BCUT2D eigenvalue weighted by molar-refractivity contribution is -0.136. The molecule has 1 aliphatic rings. The minimum Gasteiger partial charge on any atom is -0.507 e. The summed E-state index contributed by atoms with van der Waals surface area (Å²) in [6.45, 7) is -0.0892. The molecule has 0 aromatic heterocycles. The Balaban J connectivity index is 2.71. The summed E-state index contributed by atoms with van der Waals surface area (Å²) in [7, 11) is 2.70. The van der Waals surface area contributed by atoms with E-state index in [-0.39, 0.29) is 24.1 Å². The third kappa shape index (κ3) is 8.43. The Morgan fingerprint density at radius 2 is 1.46 bits per heavy atom. The second kappa shape index (κ2) is 12.9. The highest BCUT2D eigenvalue weighted by Gasteiger charge is 2.17. The Kier molecular flexibility index (Phi) is 11.1. The molecule has 0 aromatic carbocycles. The molecule has 0 unspecified atom stereocenters. The van der Waals surface area contributed by atoms with Crippen LogP contribution in [0.3, 0.4) is 0 Å². The Morgan fingerprint density at radius 1 is 0.958 bits per heavy atom. The zero-order valence-electron chi connectivity index (χ0n) is 15.1. The van der Waals surface area contributed by atoms with Crippen LogP contribution in [0.2, 0.25) is 0 Å². The van der Waals surface area contributed by atoms with Crippen LogP contribution < -0.4 is 0 Å². The van der Waals surface area contributed by atoms with Gasteiger partial charge in [-0.05, 0) is 12.8 Å². The fraction of sp³-hybridized carbons (Fsp3) is 0.833. The number of azo groups is 1. The monoisotopic (exact) mass is 340 g/mol. The minimum absolute atomic E-state index is 0.0892. The van der Waals surface area contributed by atoms with E-state index in [4.69, 9.17) is 4.74 Å². The number of hydrogen-bond acceptors (Lipinski definition) is 6. The smallest absolute Gasteiger partial charge is 0.362 e. The molecule has 0 amide bonds. The predicted molar refractivity (Wildman–Crippen MR) is 93.0 cm³/mol. The summed E-state index contributed by atoms with van der Waals surface area (Å²) in [5.74, 6) is -0.942. The summed E-state index contributed by atoms with van der Waals surface area (Å²) < 4.78 is 9.51. The molecule has 0 radical (unpaired) electrons. The number of methoxy groups -OCH3 is 2. The minimum atomic E-state index is -0.693. The lowest BCUT2D eigenvalue weighted by Gasteiger charge is -2.13. The van der Waals surface area contributed by atoms with Gasteiger partial charge < -0.3 is 14.6 Å². The average Bonchev–Trinajstić information content (AvgIpc) is 2.56. The Bertz CT molecular complexity index is 409. The van der Waals surface area contributed by atoms with E-state index in [2.05, 4.69) is 15.0 Å². The van der Waals surface area contributed by atoms with Crippen molar-refractivity contribution in [1.82, 2.24) is 0 Å². The molecule has 0 aliphatic heterocycles. The van der Waals surface area contributed by atoms with Crippen LogP contribution in [0.25, 0.3) is 0 Å². The van der Waals surface area contributed by atoms with Crippen molar-refractivity contribution in [2.45, 2.75) is 76.7 Å². The zero-order valence-corrected chi connectivity index (χ0v) is 15.1. The van der Waals surface area contributed by atoms with Gasteiger partial charge in [0.05, 0.1) is 13.2 Å². The van der Waals surface area contributed by atoms with E-state index in [0.717, 1.165) is 25.7 Å². The molecule has 6 nitrogen and oxygen atoms in total. The fourth-order valence-electron chi connectivity index (χ4n) is 2.91. The Hall–Kier alpha value is -1.43. The van der Waals surface area contributed by atoms with E-state index in [1.807, 2.05) is 0 Å². The molecule has 1 rings (SSSR count). The van der Waals surface area contributed by atoms with Gasteiger partial charge in [0.2, 0.25) is 5.70 Å². The molecule has 1 fully saturated rings. The van der Waals surface area contributed by atoms with Gasteiger partial charge in [-0.3, -0.25) is 0 Å². The summed E-state index contributed by atoms with van der Waals surface area (Å²) in [5, 5.41) is 18.2. The Labute approximate surface area is 145 Å². The predicted octanol–water partition coefficient (Wildman–Crippen LogP) is 4.70. The molecular weight excluding hydrogens is 308 g/mol. The largest absolute Gasteiger partial charge is 0.507 e. The van der Waals surface area contributed by atoms with Crippen LogP contribution in [-0.2, 0) is 14.3 Å². The van der Waals surface area contributed by atoms with Gasteiger partial charge >= 0.3 is 5.97 Å². The van der Waals surface area contributed by atoms with Gasteiger partial charge in [-0.1, -0.05) is 57.8 Å². The standard InChI is InChI=1S/C18H32N2O4/c1-23-14-16(21)17(18(22)24-2)20-19-15-12-10-8-6-4-3-5-7-9-11-13-15/h15,21H,3-14H2,1-2H3. The molecule has 0 spiro atoms. The number of nitrogens with zero attached hydrogens (tertiary/aromatic N) is 2. The van der Waals surface area contributed by atoms with Gasteiger partial charge in [-0.15, -0.1) is 5.11 Å². The van der Waals surface area contributed by atoms with Crippen molar-refractivity contribution in [3.8, 4) is 0 Å². The van der Waals surface area contributed by atoms with Gasteiger partial charge in [-0.25, -0.2) is 4.79 Å². The first-order chi connectivity index (χ1) is 11.7. The van der Waals surface area contributed by atoms with Gasteiger partial charge in [0, 0.05) is 7.11 Å². The maximum absolute atomic E-state index is 11.8. The molecule has 0 aromatic rings. The first kappa shape index (κ1) is 20.6. The second-order valence-corrected chi connectivity index (χ2v) is 6.35. The molecule has 1 aliphatic carbocycles. The van der Waals surface area contributed by atoms with Crippen LogP contribution in [0.4, 0.5) is 0 Å². The van der Waals surface area contributed by atoms with Crippen LogP contribution in [0, 0.1) is 0 Å². The lowest BCUT2D eigenvalue weighted by atomic mass is 9.98. The van der Waals surface area contributed by atoms with Gasteiger partial charge in [0.25, 0.3) is 0 Å². The molecule has 24 heavy (non-hydrogen) atoms. The number of carbonyl (C=O) groups excluding carboxylic acids is 1. The molecule has 0 bridgehead atoms. The summed E-state index contributed by atoms with van der Waals surface area (Å²) in [6, 6.07) is 0.0967. The van der Waals surface area contributed by atoms with Crippen LogP contribution >= 0.6 is 0 Å². The van der Waals surface area contributed by atoms with Gasteiger partial charge in [0.1, 0.15) is 6.61 Å². The van der Waals surface area contributed by atoms with Crippen molar-refractivity contribution in [3.05, 3.63) is 11.5 Å². The summed E-state index contributed by atoms with van der Waals surface area (Å²) in [4.78, 5) is 11.8. The third-order valence-electron chi connectivity index (χ3n) is 4.33. The van der Waals surface area contributed by atoms with E-state index >= 15 is 0 Å². The van der Waals surface area contributed by atoms with Crippen LogP contribution in [0.5, 0.6) is 0 Å². The number of rotatable bonds is 5.